The van der Waals surface area contributed by atoms with Gasteiger partial charge in [-0.15, -0.1) is 11.8 Å². The Morgan fingerprint density at radius 3 is 2.72 bits per heavy atom. The smallest absolute Gasteiger partial charge is 0.0919 e. The van der Waals surface area contributed by atoms with Crippen LogP contribution >= 0.6 is 27.7 Å². The van der Waals surface area contributed by atoms with E-state index in [2.05, 4.69) is 34.5 Å². The highest BCUT2D eigenvalue weighted by Crippen LogP contribution is 2.09. The van der Waals surface area contributed by atoms with Gasteiger partial charge >= 0.3 is 0 Å². The summed E-state index contributed by atoms with van der Waals surface area (Å²) in [4.78, 5) is 0. The standard InChI is InChI=1S/C12H23BrN2O2S/c1-10(13)8-14-15(6-7-17-9-18-5)11(2)12(3)16-4/h8,11-12H,1,6-7,9H2,2-5H3/b14-8-/t11?,12-/m0/s1. The Labute approximate surface area is 123 Å². The molecule has 0 aliphatic rings. The lowest BCUT2D eigenvalue weighted by atomic mass is 10.2. The molecule has 0 radical (unpaired) electrons. The molecule has 0 fully saturated rings. The summed E-state index contributed by atoms with van der Waals surface area (Å²) in [5, 5.41) is 6.34. The van der Waals surface area contributed by atoms with Crippen molar-refractivity contribution < 1.29 is 9.47 Å². The lowest BCUT2D eigenvalue weighted by Gasteiger charge is -2.30. The van der Waals surface area contributed by atoms with Crippen molar-refractivity contribution >= 4 is 33.9 Å². The summed E-state index contributed by atoms with van der Waals surface area (Å²) in [7, 11) is 1.71. The summed E-state index contributed by atoms with van der Waals surface area (Å²) < 4.78 is 11.5. The largest absolute Gasteiger partial charge is 0.380 e. The molecule has 0 spiro atoms. The topological polar surface area (TPSA) is 34.1 Å². The lowest BCUT2D eigenvalue weighted by Crippen LogP contribution is -2.39. The zero-order valence-electron chi connectivity index (χ0n) is 11.6. The number of rotatable bonds is 10. The summed E-state index contributed by atoms with van der Waals surface area (Å²) in [5.41, 5.74) is 0. The number of hydrazone groups is 1. The van der Waals surface area contributed by atoms with Gasteiger partial charge < -0.3 is 9.47 Å². The zero-order chi connectivity index (χ0) is 14.0. The lowest BCUT2D eigenvalue weighted by molar-refractivity contribution is 0.0232. The molecular weight excluding hydrogens is 316 g/mol. The fraction of sp³-hybridized carbons (Fsp3) is 0.750. The van der Waals surface area contributed by atoms with Crippen LogP contribution in [0.1, 0.15) is 13.8 Å². The van der Waals surface area contributed by atoms with E-state index < -0.39 is 0 Å². The number of halogens is 1. The highest BCUT2D eigenvalue weighted by Gasteiger charge is 2.18. The summed E-state index contributed by atoms with van der Waals surface area (Å²) in [6, 6.07) is 0.177. The number of methoxy groups -OCH3 is 1. The Morgan fingerprint density at radius 1 is 1.56 bits per heavy atom. The molecule has 6 heteroatoms. The van der Waals surface area contributed by atoms with Crippen LogP contribution in [-0.4, -0.2) is 55.8 Å². The predicted octanol–water partition coefficient (Wildman–Crippen LogP) is 2.94. The number of allylic oxidation sites excluding steroid dienone is 1. The molecule has 0 saturated heterocycles. The van der Waals surface area contributed by atoms with Gasteiger partial charge in [-0.1, -0.05) is 6.58 Å². The molecular formula is C12H23BrN2O2S. The molecule has 106 valence electrons. The molecule has 2 atom stereocenters. The van der Waals surface area contributed by atoms with Crippen LogP contribution in [0.2, 0.25) is 0 Å². The number of hydrogen-bond acceptors (Lipinski definition) is 5. The van der Waals surface area contributed by atoms with Gasteiger partial charge in [-0.3, -0.25) is 5.01 Å². The number of thioether (sulfide) groups is 1. The van der Waals surface area contributed by atoms with Crippen LogP contribution in [0.3, 0.4) is 0 Å². The third kappa shape index (κ3) is 8.13. The summed E-state index contributed by atoms with van der Waals surface area (Å²) in [6.07, 6.45) is 3.81. The van der Waals surface area contributed by atoms with Crippen LogP contribution in [0, 0.1) is 0 Å². The average Bonchev–Trinajstić information content (AvgIpc) is 2.35. The van der Waals surface area contributed by atoms with Crippen molar-refractivity contribution in [2.75, 3.05) is 32.5 Å². The molecule has 0 aliphatic heterocycles. The van der Waals surface area contributed by atoms with E-state index in [-0.39, 0.29) is 12.1 Å². The van der Waals surface area contributed by atoms with Gasteiger partial charge in [0, 0.05) is 11.6 Å². The fourth-order valence-corrected chi connectivity index (χ4v) is 1.62. The highest BCUT2D eigenvalue weighted by atomic mass is 79.9. The van der Waals surface area contributed by atoms with Gasteiger partial charge in [-0.05, 0) is 36.0 Å². The SMILES string of the molecule is C=C(Br)/C=N\N(CCOCSC)C(C)[C@H](C)OC. The summed E-state index contributed by atoms with van der Waals surface area (Å²) in [6.45, 7) is 9.22. The first kappa shape index (κ1) is 18.0. The maximum absolute atomic E-state index is 5.46. The molecule has 0 N–H and O–H groups in total. The molecule has 0 aliphatic carbocycles. The van der Waals surface area contributed by atoms with E-state index in [9.17, 15) is 0 Å². The Kier molecular flexibility index (Phi) is 10.8. The number of ether oxygens (including phenoxy) is 2. The van der Waals surface area contributed by atoms with E-state index in [0.717, 1.165) is 11.0 Å². The van der Waals surface area contributed by atoms with Crippen LogP contribution in [0.15, 0.2) is 16.2 Å². The van der Waals surface area contributed by atoms with E-state index in [1.165, 1.54) is 0 Å². The Hall–Kier alpha value is -0.0400. The van der Waals surface area contributed by atoms with Gasteiger partial charge in [-0.25, -0.2) is 0 Å². The minimum absolute atomic E-state index is 0.103. The van der Waals surface area contributed by atoms with Crippen molar-refractivity contribution in [3.05, 3.63) is 11.1 Å². The highest BCUT2D eigenvalue weighted by molar-refractivity contribution is 9.12. The van der Waals surface area contributed by atoms with Gasteiger partial charge in [0.1, 0.15) is 0 Å². The van der Waals surface area contributed by atoms with Gasteiger partial charge in [-0.2, -0.15) is 5.10 Å². The van der Waals surface area contributed by atoms with Gasteiger partial charge in [0.15, 0.2) is 0 Å². The number of hydrogen-bond donors (Lipinski definition) is 0. The molecule has 0 aromatic heterocycles. The van der Waals surface area contributed by atoms with Crippen LogP contribution in [0.5, 0.6) is 0 Å². The van der Waals surface area contributed by atoms with Crippen molar-refractivity contribution in [2.24, 2.45) is 5.10 Å². The molecule has 0 bridgehead atoms. The second kappa shape index (κ2) is 10.8. The van der Waals surface area contributed by atoms with Crippen molar-refractivity contribution in [2.45, 2.75) is 26.0 Å². The molecule has 18 heavy (non-hydrogen) atoms. The van der Waals surface area contributed by atoms with E-state index in [4.69, 9.17) is 9.47 Å². The molecule has 0 amide bonds. The molecule has 0 heterocycles. The van der Waals surface area contributed by atoms with E-state index >= 15 is 0 Å². The normalized spacial score (nSPS) is 14.7. The molecule has 1 unspecified atom stereocenters. The first-order valence-electron chi connectivity index (χ1n) is 5.77. The molecule has 0 saturated carbocycles. The van der Waals surface area contributed by atoms with Crippen LogP contribution in [0.25, 0.3) is 0 Å². The third-order valence-corrected chi connectivity index (χ3v) is 3.14. The molecule has 4 nitrogen and oxygen atoms in total. The van der Waals surface area contributed by atoms with Crippen LogP contribution < -0.4 is 0 Å². The van der Waals surface area contributed by atoms with Crippen molar-refractivity contribution in [1.29, 1.82) is 0 Å². The minimum Gasteiger partial charge on any atom is -0.380 e. The molecule has 0 aromatic rings. The van der Waals surface area contributed by atoms with Crippen molar-refractivity contribution in [1.82, 2.24) is 5.01 Å². The van der Waals surface area contributed by atoms with Crippen molar-refractivity contribution in [3.8, 4) is 0 Å². The molecule has 0 rings (SSSR count). The zero-order valence-corrected chi connectivity index (χ0v) is 14.0. The van der Waals surface area contributed by atoms with Gasteiger partial charge in [0.05, 0.1) is 37.5 Å². The Balaban J connectivity index is 4.36. The number of nitrogens with zero attached hydrogens (tertiary/aromatic N) is 2. The Morgan fingerprint density at radius 2 is 2.22 bits per heavy atom. The van der Waals surface area contributed by atoms with Gasteiger partial charge in [0.25, 0.3) is 0 Å². The second-order valence-electron chi connectivity index (χ2n) is 3.85. The van der Waals surface area contributed by atoms with Gasteiger partial charge in [0.2, 0.25) is 0 Å². The maximum atomic E-state index is 5.46. The fourth-order valence-electron chi connectivity index (χ4n) is 1.24. The van der Waals surface area contributed by atoms with Crippen LogP contribution in [0.4, 0.5) is 0 Å². The maximum Gasteiger partial charge on any atom is 0.0919 e. The molecule has 0 aromatic carbocycles. The van der Waals surface area contributed by atoms with Crippen LogP contribution in [-0.2, 0) is 9.47 Å². The average molecular weight is 339 g/mol. The summed E-state index contributed by atoms with van der Waals surface area (Å²) in [5.74, 6) is 0.705. The quantitative estimate of drug-likeness (QED) is 0.265. The van der Waals surface area contributed by atoms with Crippen molar-refractivity contribution in [3.63, 3.8) is 0 Å². The van der Waals surface area contributed by atoms with E-state index in [1.807, 2.05) is 18.2 Å². The third-order valence-electron chi connectivity index (χ3n) is 2.53. The monoisotopic (exact) mass is 338 g/mol. The first-order chi connectivity index (χ1) is 8.52. The predicted molar refractivity (Wildman–Crippen MR) is 83.5 cm³/mol. The summed E-state index contributed by atoms with van der Waals surface area (Å²) >= 11 is 4.93. The van der Waals surface area contributed by atoms with E-state index in [0.29, 0.717) is 12.5 Å². The Bertz CT molecular complexity index is 264. The second-order valence-corrected chi connectivity index (χ2v) is 5.68. The van der Waals surface area contributed by atoms with E-state index in [1.54, 1.807) is 25.1 Å². The first-order valence-corrected chi connectivity index (χ1v) is 7.96. The minimum atomic E-state index is 0.103.